The van der Waals surface area contributed by atoms with E-state index in [0.29, 0.717) is 19.4 Å². The number of carbonyl (C=O) groups is 6. The zero-order valence-electron chi connectivity index (χ0n) is 31.8. The molecular weight excluding hydrogens is 787 g/mol. The Hall–Kier alpha value is -2.15. The topological polar surface area (TPSA) is 180 Å². The summed E-state index contributed by atoms with van der Waals surface area (Å²) in [4.78, 5) is 91.4. The van der Waals surface area contributed by atoms with E-state index in [2.05, 4.69) is 31.2 Å². The molecule has 6 atom stereocenters. The molecule has 3 aliphatic carbocycles. The monoisotopic (exact) mass is 849 g/mol. The van der Waals surface area contributed by atoms with Crippen LogP contribution in [0.25, 0.3) is 0 Å². The molecule has 54 heavy (non-hydrogen) atoms. The Balaban J connectivity index is 0.00000562. The summed E-state index contributed by atoms with van der Waals surface area (Å²) in [6.45, 7) is 7.85. The van der Waals surface area contributed by atoms with E-state index < -0.39 is 59.0 Å². The fraction of sp³-hybridized carbons (Fsp3) is 0.722. The highest BCUT2D eigenvalue weighted by Crippen LogP contribution is 2.43. The van der Waals surface area contributed by atoms with Gasteiger partial charge in [0.25, 0.3) is 11.8 Å². The van der Waals surface area contributed by atoms with E-state index in [-0.39, 0.29) is 103 Å². The highest BCUT2D eigenvalue weighted by molar-refractivity contribution is 7.60. The van der Waals surface area contributed by atoms with Gasteiger partial charge < -0.3 is 26.2 Å². The van der Waals surface area contributed by atoms with Crippen LogP contribution >= 0.6 is 67.5 Å². The van der Waals surface area contributed by atoms with Gasteiger partial charge in [0.1, 0.15) is 23.8 Å². The average Bonchev–Trinajstić information content (AvgIpc) is 3.65. The lowest BCUT2D eigenvalue weighted by molar-refractivity contribution is -0.146. The zero-order chi connectivity index (χ0) is 35.3. The Kier molecular flexibility index (Phi) is 22.2. The molecule has 1 aliphatic heterocycles. The lowest BCUT2D eigenvalue weighted by atomic mass is 9.82. The van der Waals surface area contributed by atoms with Crippen molar-refractivity contribution >= 4 is 103 Å². The number of hydrogen-bond acceptors (Lipinski definition) is 8. The van der Waals surface area contributed by atoms with Gasteiger partial charge in [-0.3, -0.25) is 33.8 Å². The highest BCUT2D eigenvalue weighted by Gasteiger charge is 2.52. The van der Waals surface area contributed by atoms with Crippen LogP contribution in [0.5, 0.6) is 0 Å². The number of Topliss-reactive ketones (excluding diaryl/α,β-unsaturated/α-hetero) is 1. The van der Waals surface area contributed by atoms with Crippen LogP contribution in [0.2, 0.25) is 0 Å². The molecule has 4 fully saturated rings. The fourth-order valence-electron chi connectivity index (χ4n) is 7.87. The third-order valence-electron chi connectivity index (χ3n) is 10.7. The van der Waals surface area contributed by atoms with Crippen LogP contribution in [-0.4, -0.2) is 86.9 Å². The summed E-state index contributed by atoms with van der Waals surface area (Å²) in [5.41, 5.74) is -0.638. The van der Waals surface area contributed by atoms with Crippen molar-refractivity contribution < 1.29 is 28.8 Å². The molecule has 3 saturated carbocycles. The predicted octanol–water partition coefficient (Wildman–Crippen LogP) is 3.01. The zero-order valence-corrected chi connectivity index (χ0v) is 36.8. The standard InChI is InChI=1S/C36H53N7O6.5H2S/c1-5-10-25(29(44)34(48)39-23-15-16-23)40-33(47)28-24-14-9-13-22(24)20-43(28)35(49)30(36(2,3)4)42-32(46)27(21-11-7-6-8-12-21)41-31(45)26-19-37-17-18-38-26;;;;;/h17-19,21-25,27-28,30H,5-16,20H2,1-4H3,(H,39,48)(H,40,47)(H,41,45)(H,42,46);5*1H2/t22-,24-,25+,27+,28+,30-;;;;;/m1...../s1. The number of fused-ring (bicyclic) bond motifs is 1. The Morgan fingerprint density at radius 3 is 2.07 bits per heavy atom. The smallest absolute Gasteiger partial charge is 0.289 e. The van der Waals surface area contributed by atoms with Crippen LogP contribution in [0, 0.1) is 23.2 Å². The SMILES string of the molecule is CCC[C@H](NC(=O)[C@@H]1[C@@H]2CCC[C@@H]2CN1C(=O)[C@@H](NC(=O)[C@@H](NC(=O)c1cnccn1)C1CCCCC1)C(C)(C)C)C(=O)C(=O)NC1CC1.S.S.S.S.S. The van der Waals surface area contributed by atoms with Crippen LogP contribution in [0.15, 0.2) is 18.6 Å². The van der Waals surface area contributed by atoms with Gasteiger partial charge in [0.15, 0.2) is 0 Å². The van der Waals surface area contributed by atoms with E-state index in [1.54, 1.807) is 4.90 Å². The third-order valence-corrected chi connectivity index (χ3v) is 10.7. The molecule has 4 aliphatic rings. The highest BCUT2D eigenvalue weighted by atomic mass is 32.1. The summed E-state index contributed by atoms with van der Waals surface area (Å²) < 4.78 is 0. The molecule has 5 amide bonds. The Morgan fingerprint density at radius 2 is 1.50 bits per heavy atom. The van der Waals surface area contributed by atoms with Crippen molar-refractivity contribution in [2.75, 3.05) is 6.54 Å². The van der Waals surface area contributed by atoms with Gasteiger partial charge in [0.05, 0.1) is 12.2 Å². The van der Waals surface area contributed by atoms with E-state index in [0.717, 1.165) is 64.2 Å². The molecule has 18 heteroatoms. The van der Waals surface area contributed by atoms with E-state index in [9.17, 15) is 28.8 Å². The molecule has 1 aromatic rings. The first-order valence-corrected chi connectivity index (χ1v) is 18.2. The summed E-state index contributed by atoms with van der Waals surface area (Å²) in [6, 6.07) is -3.68. The second kappa shape index (κ2) is 23.2. The number of nitrogens with zero attached hydrogens (tertiary/aromatic N) is 3. The molecular formula is C36H63N7O6S5. The quantitative estimate of drug-likeness (QED) is 0.219. The molecule has 4 N–H and O–H groups in total. The van der Waals surface area contributed by atoms with Gasteiger partial charge in [-0.1, -0.05) is 59.8 Å². The van der Waals surface area contributed by atoms with Crippen molar-refractivity contribution in [2.24, 2.45) is 23.2 Å². The molecule has 1 saturated heterocycles. The maximum atomic E-state index is 14.6. The first-order valence-electron chi connectivity index (χ1n) is 18.2. The van der Waals surface area contributed by atoms with Crippen LogP contribution in [0.1, 0.15) is 115 Å². The first kappa shape index (κ1) is 51.9. The number of rotatable bonds is 13. The molecule has 13 nitrogen and oxygen atoms in total. The lowest BCUT2D eigenvalue weighted by Crippen LogP contribution is -2.62. The van der Waals surface area contributed by atoms with Gasteiger partial charge >= 0.3 is 0 Å². The molecule has 0 bridgehead atoms. The summed E-state index contributed by atoms with van der Waals surface area (Å²) in [6.07, 6.45) is 13.9. The van der Waals surface area contributed by atoms with Crippen LogP contribution < -0.4 is 21.3 Å². The Labute approximate surface area is 354 Å². The molecule has 5 rings (SSSR count). The van der Waals surface area contributed by atoms with E-state index >= 15 is 0 Å². The number of nitrogens with one attached hydrogen (secondary N) is 4. The number of hydrogen-bond donors (Lipinski definition) is 4. The molecule has 0 aromatic carbocycles. The summed E-state index contributed by atoms with van der Waals surface area (Å²) in [5, 5.41) is 11.5. The molecule has 308 valence electrons. The Bertz CT molecular complexity index is 1410. The normalized spacial score (nSPS) is 22.0. The number of likely N-dealkylation sites (tertiary alicyclic amines) is 1. The van der Waals surface area contributed by atoms with Gasteiger partial charge in [0, 0.05) is 25.0 Å². The van der Waals surface area contributed by atoms with Crippen molar-refractivity contribution in [3.05, 3.63) is 24.3 Å². The first-order chi connectivity index (χ1) is 23.4. The van der Waals surface area contributed by atoms with Gasteiger partial charge in [0.2, 0.25) is 23.5 Å². The molecule has 0 unspecified atom stereocenters. The van der Waals surface area contributed by atoms with Crippen molar-refractivity contribution in [3.8, 4) is 0 Å². The third kappa shape index (κ3) is 12.9. The summed E-state index contributed by atoms with van der Waals surface area (Å²) >= 11 is 0. The van der Waals surface area contributed by atoms with E-state index in [1.165, 1.54) is 18.6 Å². The second-order valence-corrected chi connectivity index (χ2v) is 15.5. The fourth-order valence-corrected chi connectivity index (χ4v) is 7.87. The van der Waals surface area contributed by atoms with Crippen LogP contribution in [0.3, 0.4) is 0 Å². The number of ketones is 1. The predicted molar refractivity (Wildman–Crippen MR) is 232 cm³/mol. The minimum Gasteiger partial charge on any atom is -0.347 e. The molecule has 2 heterocycles. The average molecular weight is 850 g/mol. The van der Waals surface area contributed by atoms with Crippen molar-refractivity contribution in [1.82, 2.24) is 36.1 Å². The number of carbonyl (C=O) groups excluding carboxylic acids is 6. The van der Waals surface area contributed by atoms with Crippen molar-refractivity contribution in [3.63, 3.8) is 0 Å². The number of aromatic nitrogens is 2. The maximum Gasteiger partial charge on any atom is 0.289 e. The number of amides is 5. The van der Waals surface area contributed by atoms with Crippen molar-refractivity contribution in [2.45, 2.75) is 135 Å². The van der Waals surface area contributed by atoms with Crippen LogP contribution in [-0.2, 0) is 24.0 Å². The molecule has 0 spiro atoms. The second-order valence-electron chi connectivity index (χ2n) is 15.5. The van der Waals surface area contributed by atoms with Gasteiger partial charge in [-0.2, -0.15) is 67.5 Å². The van der Waals surface area contributed by atoms with Crippen molar-refractivity contribution in [1.29, 1.82) is 0 Å². The Morgan fingerprint density at radius 1 is 0.833 bits per heavy atom. The maximum absolute atomic E-state index is 14.6. The van der Waals surface area contributed by atoms with Crippen LogP contribution in [0.4, 0.5) is 0 Å². The van der Waals surface area contributed by atoms with E-state index in [4.69, 9.17) is 0 Å². The van der Waals surface area contributed by atoms with Gasteiger partial charge in [-0.05, 0) is 68.1 Å². The minimum atomic E-state index is -0.994. The van der Waals surface area contributed by atoms with Gasteiger partial charge in [-0.25, -0.2) is 4.98 Å². The van der Waals surface area contributed by atoms with E-state index in [1.807, 2.05) is 27.7 Å². The molecule has 0 radical (unpaired) electrons. The van der Waals surface area contributed by atoms with Gasteiger partial charge in [-0.15, -0.1) is 0 Å². The lowest BCUT2D eigenvalue weighted by Gasteiger charge is -2.38. The molecule has 1 aromatic heterocycles. The largest absolute Gasteiger partial charge is 0.347 e. The minimum absolute atomic E-state index is 0. The summed E-state index contributed by atoms with van der Waals surface area (Å²) in [5.74, 6) is -3.20. The summed E-state index contributed by atoms with van der Waals surface area (Å²) in [7, 11) is 0.